The largest absolute Gasteiger partial charge is 0.506 e. The summed E-state index contributed by atoms with van der Waals surface area (Å²) in [5.41, 5.74) is -1.39. The number of carbonyl (C=O) groups is 1. The fourth-order valence-electron chi connectivity index (χ4n) is 2.82. The number of hydrogen-bond donors (Lipinski definition) is 1. The van der Waals surface area contributed by atoms with Crippen LogP contribution in [0.5, 0.6) is 5.75 Å². The third-order valence-corrected chi connectivity index (χ3v) is 4.15. The summed E-state index contributed by atoms with van der Waals surface area (Å²) < 4.78 is 40.0. The van der Waals surface area contributed by atoms with E-state index >= 15 is 0 Å². The van der Waals surface area contributed by atoms with E-state index in [-0.39, 0.29) is 16.6 Å². The Morgan fingerprint density at radius 2 is 1.70 bits per heavy atom. The van der Waals surface area contributed by atoms with Gasteiger partial charge in [-0.25, -0.2) is 0 Å². The van der Waals surface area contributed by atoms with E-state index in [9.17, 15) is 27.9 Å². The zero-order chi connectivity index (χ0) is 19.9. The number of pyridine rings is 1. The Kier molecular flexibility index (Phi) is 4.43. The molecule has 0 aliphatic heterocycles. The van der Waals surface area contributed by atoms with Gasteiger partial charge in [0, 0.05) is 30.9 Å². The molecule has 1 N–H and O–H groups in total. The standard InChI is InChI=1S/C19H15F3N2O3/c1-23(2)12-8-9-13-14(10-12)24(11-6-4-3-5-7-11)18(27)15(16(13)25)17(26)19(20,21)22/h3-10,25H,1-2H3. The average Bonchev–Trinajstić information content (AvgIpc) is 2.61. The number of carbonyl (C=O) groups excluding carboxylic acids is 1. The molecule has 0 radical (unpaired) electrons. The minimum atomic E-state index is -5.29. The number of alkyl halides is 3. The first-order chi connectivity index (χ1) is 12.6. The number of para-hydroxylation sites is 1. The van der Waals surface area contributed by atoms with Crippen molar-refractivity contribution in [3.63, 3.8) is 0 Å². The van der Waals surface area contributed by atoms with E-state index in [1.54, 1.807) is 49.3 Å². The maximum Gasteiger partial charge on any atom is 0.455 e. The molecule has 0 saturated carbocycles. The summed E-state index contributed by atoms with van der Waals surface area (Å²) in [4.78, 5) is 26.4. The van der Waals surface area contributed by atoms with E-state index < -0.39 is 28.8 Å². The number of fused-ring (bicyclic) bond motifs is 1. The van der Waals surface area contributed by atoms with Gasteiger partial charge in [-0.05, 0) is 30.3 Å². The molecule has 3 aromatic rings. The first kappa shape index (κ1) is 18.5. The van der Waals surface area contributed by atoms with Gasteiger partial charge in [0.2, 0.25) is 0 Å². The number of halogens is 3. The number of nitrogens with zero attached hydrogens (tertiary/aromatic N) is 2. The van der Waals surface area contributed by atoms with Crippen molar-refractivity contribution in [1.29, 1.82) is 0 Å². The Labute approximate surface area is 151 Å². The van der Waals surface area contributed by atoms with Crippen molar-refractivity contribution in [2.75, 3.05) is 19.0 Å². The molecule has 1 heterocycles. The molecule has 0 fully saturated rings. The Hall–Kier alpha value is -3.29. The topological polar surface area (TPSA) is 62.5 Å². The highest BCUT2D eigenvalue weighted by molar-refractivity contribution is 6.06. The van der Waals surface area contributed by atoms with Gasteiger partial charge in [-0.3, -0.25) is 14.2 Å². The van der Waals surface area contributed by atoms with Crippen LogP contribution in [0.25, 0.3) is 16.6 Å². The normalized spacial score (nSPS) is 11.6. The lowest BCUT2D eigenvalue weighted by Crippen LogP contribution is -2.33. The van der Waals surface area contributed by atoms with Crippen LogP contribution in [0.2, 0.25) is 0 Å². The van der Waals surface area contributed by atoms with Crippen LogP contribution in [0, 0.1) is 0 Å². The summed E-state index contributed by atoms with van der Waals surface area (Å²) >= 11 is 0. The molecule has 0 aliphatic rings. The number of Topliss-reactive ketones (excluding diaryl/α,β-unsaturated/α-hetero) is 1. The van der Waals surface area contributed by atoms with Crippen LogP contribution in [-0.2, 0) is 0 Å². The van der Waals surface area contributed by atoms with Crippen molar-refractivity contribution in [1.82, 2.24) is 4.57 Å². The van der Waals surface area contributed by atoms with Gasteiger partial charge in [0.05, 0.1) is 5.52 Å². The van der Waals surface area contributed by atoms with Crippen molar-refractivity contribution < 1.29 is 23.1 Å². The smallest absolute Gasteiger partial charge is 0.455 e. The second-order valence-electron chi connectivity index (χ2n) is 6.12. The number of hydrogen-bond acceptors (Lipinski definition) is 4. The van der Waals surface area contributed by atoms with Gasteiger partial charge in [-0.2, -0.15) is 13.2 Å². The van der Waals surface area contributed by atoms with Crippen molar-refractivity contribution in [2.45, 2.75) is 6.18 Å². The maximum atomic E-state index is 13.0. The van der Waals surface area contributed by atoms with Gasteiger partial charge < -0.3 is 10.0 Å². The quantitative estimate of drug-likeness (QED) is 0.711. The van der Waals surface area contributed by atoms with Crippen LogP contribution in [0.15, 0.2) is 53.3 Å². The molecular formula is C19H15F3N2O3. The summed E-state index contributed by atoms with van der Waals surface area (Å²) in [5.74, 6) is -3.36. The minimum Gasteiger partial charge on any atom is -0.506 e. The lowest BCUT2D eigenvalue weighted by molar-refractivity contribution is -0.0887. The van der Waals surface area contributed by atoms with E-state index in [1.165, 1.54) is 18.2 Å². The second kappa shape index (κ2) is 6.46. The summed E-state index contributed by atoms with van der Waals surface area (Å²) in [6.45, 7) is 0. The fraction of sp³-hybridized carbons (Fsp3) is 0.158. The van der Waals surface area contributed by atoms with E-state index in [0.717, 1.165) is 4.57 Å². The highest BCUT2D eigenvalue weighted by atomic mass is 19.4. The average molecular weight is 376 g/mol. The number of ketones is 1. The number of anilines is 1. The van der Waals surface area contributed by atoms with Crippen LogP contribution in [0.3, 0.4) is 0 Å². The van der Waals surface area contributed by atoms with E-state index in [4.69, 9.17) is 0 Å². The van der Waals surface area contributed by atoms with Crippen LogP contribution in [0.1, 0.15) is 10.4 Å². The van der Waals surface area contributed by atoms with E-state index in [2.05, 4.69) is 0 Å². The fourth-order valence-corrected chi connectivity index (χ4v) is 2.82. The number of benzene rings is 2. The summed E-state index contributed by atoms with van der Waals surface area (Å²) in [6, 6.07) is 12.5. The Bertz CT molecular complexity index is 1090. The van der Waals surface area contributed by atoms with Gasteiger partial charge in [-0.1, -0.05) is 18.2 Å². The number of rotatable bonds is 3. The molecule has 1 aromatic heterocycles. The maximum absolute atomic E-state index is 13.0. The second-order valence-corrected chi connectivity index (χ2v) is 6.12. The highest BCUT2D eigenvalue weighted by Crippen LogP contribution is 2.33. The lowest BCUT2D eigenvalue weighted by Gasteiger charge is -2.18. The molecule has 2 aromatic carbocycles. The predicted octanol–water partition coefficient (Wildman–Crippen LogP) is 3.51. The molecule has 0 spiro atoms. The van der Waals surface area contributed by atoms with Crippen LogP contribution in [0.4, 0.5) is 18.9 Å². The predicted molar refractivity (Wildman–Crippen MR) is 95.9 cm³/mol. The third kappa shape index (κ3) is 3.14. The number of aromatic hydroxyl groups is 1. The molecule has 27 heavy (non-hydrogen) atoms. The van der Waals surface area contributed by atoms with Crippen molar-refractivity contribution in [3.05, 3.63) is 64.4 Å². The first-order valence-electron chi connectivity index (χ1n) is 7.89. The Morgan fingerprint density at radius 3 is 2.26 bits per heavy atom. The van der Waals surface area contributed by atoms with Crippen molar-refractivity contribution in [3.8, 4) is 11.4 Å². The first-order valence-corrected chi connectivity index (χ1v) is 7.89. The van der Waals surface area contributed by atoms with Gasteiger partial charge in [-0.15, -0.1) is 0 Å². The van der Waals surface area contributed by atoms with Crippen molar-refractivity contribution in [2.24, 2.45) is 0 Å². The van der Waals surface area contributed by atoms with Gasteiger partial charge in [0.15, 0.2) is 0 Å². The highest BCUT2D eigenvalue weighted by Gasteiger charge is 2.43. The molecule has 8 heteroatoms. The molecule has 0 bridgehead atoms. The monoisotopic (exact) mass is 376 g/mol. The van der Waals surface area contributed by atoms with Gasteiger partial charge in [0.1, 0.15) is 11.3 Å². The SMILES string of the molecule is CN(C)c1ccc2c(O)c(C(=O)C(F)(F)F)c(=O)n(-c3ccccc3)c2c1. The molecule has 0 aliphatic carbocycles. The number of aromatic nitrogens is 1. The van der Waals surface area contributed by atoms with Crippen LogP contribution in [-0.4, -0.2) is 35.7 Å². The minimum absolute atomic E-state index is 0.0309. The molecule has 0 atom stereocenters. The summed E-state index contributed by atoms with van der Waals surface area (Å²) in [6.07, 6.45) is -5.29. The molecule has 3 rings (SSSR count). The zero-order valence-corrected chi connectivity index (χ0v) is 14.4. The molecule has 140 valence electrons. The van der Waals surface area contributed by atoms with Crippen LogP contribution < -0.4 is 10.5 Å². The zero-order valence-electron chi connectivity index (χ0n) is 14.4. The van der Waals surface area contributed by atoms with Crippen LogP contribution >= 0.6 is 0 Å². The molecule has 5 nitrogen and oxygen atoms in total. The van der Waals surface area contributed by atoms with Gasteiger partial charge in [0.25, 0.3) is 11.3 Å². The molecular weight excluding hydrogens is 361 g/mol. The lowest BCUT2D eigenvalue weighted by atomic mass is 10.0. The third-order valence-electron chi connectivity index (χ3n) is 4.15. The Balaban J connectivity index is 2.50. The molecule has 0 saturated heterocycles. The summed E-state index contributed by atoms with van der Waals surface area (Å²) in [7, 11) is 3.51. The van der Waals surface area contributed by atoms with E-state index in [0.29, 0.717) is 5.69 Å². The van der Waals surface area contributed by atoms with E-state index in [1.807, 2.05) is 0 Å². The van der Waals surface area contributed by atoms with Gasteiger partial charge >= 0.3 is 6.18 Å². The van der Waals surface area contributed by atoms with Crippen molar-refractivity contribution >= 4 is 22.4 Å². The Morgan fingerprint density at radius 1 is 1.07 bits per heavy atom. The summed E-state index contributed by atoms with van der Waals surface area (Å²) in [5, 5.41) is 10.3. The molecule has 0 unspecified atom stereocenters. The molecule has 0 amide bonds.